The number of benzene rings is 1. The average Bonchev–Trinajstić information content (AvgIpc) is 2.43. The Labute approximate surface area is 125 Å². The second-order valence-electron chi connectivity index (χ2n) is 5.63. The first-order chi connectivity index (χ1) is 9.94. The van der Waals surface area contributed by atoms with Crippen molar-refractivity contribution < 1.29 is 9.47 Å². The van der Waals surface area contributed by atoms with Gasteiger partial charge in [-0.05, 0) is 20.8 Å². The first-order valence-corrected chi connectivity index (χ1v) is 6.91. The molecule has 2 rings (SSSR count). The summed E-state index contributed by atoms with van der Waals surface area (Å²) in [6.07, 6.45) is 0. The summed E-state index contributed by atoms with van der Waals surface area (Å²) in [5.74, 6) is 1.40. The first kappa shape index (κ1) is 15.3. The Morgan fingerprint density at radius 3 is 2.43 bits per heavy atom. The molecule has 112 valence electrons. The second kappa shape index (κ2) is 6.54. The largest absolute Gasteiger partial charge is 0.475 e. The van der Waals surface area contributed by atoms with Crippen molar-refractivity contribution in [3.63, 3.8) is 0 Å². The van der Waals surface area contributed by atoms with Gasteiger partial charge in [-0.2, -0.15) is 4.98 Å². The van der Waals surface area contributed by atoms with Crippen molar-refractivity contribution in [1.82, 2.24) is 9.97 Å². The zero-order chi connectivity index (χ0) is 15.3. The number of nitrogens with two attached hydrogens (primary N) is 1. The molecular weight excluding hydrogens is 266 g/mol. The second-order valence-corrected chi connectivity index (χ2v) is 5.63. The van der Waals surface area contributed by atoms with Crippen LogP contribution in [0.15, 0.2) is 36.4 Å². The van der Waals surface area contributed by atoms with Crippen molar-refractivity contribution in [1.29, 1.82) is 0 Å². The van der Waals surface area contributed by atoms with Crippen molar-refractivity contribution in [2.45, 2.75) is 26.4 Å². The summed E-state index contributed by atoms with van der Waals surface area (Å²) in [7, 11) is 0. The summed E-state index contributed by atoms with van der Waals surface area (Å²) in [5.41, 5.74) is 6.53. The predicted octanol–water partition coefficient (Wildman–Crippen LogP) is 2.92. The van der Waals surface area contributed by atoms with Crippen molar-refractivity contribution >= 4 is 5.82 Å². The van der Waals surface area contributed by atoms with Crippen molar-refractivity contribution in [3.05, 3.63) is 36.4 Å². The molecule has 1 aromatic heterocycles. The van der Waals surface area contributed by atoms with Gasteiger partial charge in [0.25, 0.3) is 0 Å². The fourth-order valence-corrected chi connectivity index (χ4v) is 1.73. The van der Waals surface area contributed by atoms with Gasteiger partial charge in [0.05, 0.1) is 12.2 Å². The summed E-state index contributed by atoms with van der Waals surface area (Å²) in [5, 5.41) is 0. The maximum absolute atomic E-state index is 5.81. The van der Waals surface area contributed by atoms with Gasteiger partial charge < -0.3 is 15.2 Å². The van der Waals surface area contributed by atoms with Crippen LogP contribution in [0.1, 0.15) is 20.8 Å². The van der Waals surface area contributed by atoms with Crippen molar-refractivity contribution in [2.24, 2.45) is 0 Å². The minimum atomic E-state index is -0.177. The Hall–Kier alpha value is -2.14. The summed E-state index contributed by atoms with van der Waals surface area (Å²) in [6, 6.07) is 11.3. The van der Waals surface area contributed by atoms with E-state index in [1.54, 1.807) is 6.07 Å². The molecule has 0 aliphatic carbocycles. The normalized spacial score (nSPS) is 11.4. The van der Waals surface area contributed by atoms with Crippen LogP contribution in [-0.2, 0) is 4.74 Å². The van der Waals surface area contributed by atoms with E-state index in [1.807, 2.05) is 51.1 Å². The molecule has 0 fully saturated rings. The van der Waals surface area contributed by atoms with Gasteiger partial charge in [-0.15, -0.1) is 0 Å². The molecule has 2 aromatic rings. The summed E-state index contributed by atoms with van der Waals surface area (Å²) in [4.78, 5) is 8.60. The van der Waals surface area contributed by atoms with E-state index < -0.39 is 0 Å². The highest BCUT2D eigenvalue weighted by Crippen LogP contribution is 2.19. The molecule has 5 heteroatoms. The van der Waals surface area contributed by atoms with Gasteiger partial charge in [-0.25, -0.2) is 4.98 Å². The van der Waals surface area contributed by atoms with Crippen LogP contribution in [0.5, 0.6) is 5.88 Å². The first-order valence-electron chi connectivity index (χ1n) is 6.91. The quantitative estimate of drug-likeness (QED) is 0.856. The van der Waals surface area contributed by atoms with Crippen molar-refractivity contribution in [3.8, 4) is 17.3 Å². The number of hydrogen-bond donors (Lipinski definition) is 1. The predicted molar refractivity (Wildman–Crippen MR) is 83.1 cm³/mol. The van der Waals surface area contributed by atoms with Crippen LogP contribution in [0.4, 0.5) is 5.82 Å². The SMILES string of the molecule is CC(C)(C)OCCOc1cc(N)nc(-c2ccccc2)n1. The molecule has 0 saturated heterocycles. The number of ether oxygens (including phenoxy) is 2. The van der Waals surface area contributed by atoms with E-state index in [0.717, 1.165) is 5.56 Å². The molecule has 21 heavy (non-hydrogen) atoms. The number of nitrogen functional groups attached to an aromatic ring is 1. The topological polar surface area (TPSA) is 70.3 Å². The summed E-state index contributed by atoms with van der Waals surface area (Å²) >= 11 is 0. The van der Waals surface area contributed by atoms with Gasteiger partial charge in [0, 0.05) is 11.6 Å². The van der Waals surface area contributed by atoms with Gasteiger partial charge in [-0.1, -0.05) is 30.3 Å². The Bertz CT molecular complexity index is 580. The van der Waals surface area contributed by atoms with Gasteiger partial charge in [0.2, 0.25) is 5.88 Å². The molecule has 0 unspecified atom stereocenters. The molecule has 0 spiro atoms. The Kier molecular flexibility index (Phi) is 4.75. The van der Waals surface area contributed by atoms with Gasteiger partial charge in [-0.3, -0.25) is 0 Å². The average molecular weight is 287 g/mol. The molecule has 0 saturated carbocycles. The molecule has 1 aromatic carbocycles. The van der Waals surface area contributed by atoms with E-state index in [9.17, 15) is 0 Å². The lowest BCUT2D eigenvalue weighted by Crippen LogP contribution is -2.22. The van der Waals surface area contributed by atoms with Gasteiger partial charge >= 0.3 is 0 Å². The zero-order valence-corrected chi connectivity index (χ0v) is 12.7. The third-order valence-corrected chi connectivity index (χ3v) is 2.62. The number of hydrogen-bond acceptors (Lipinski definition) is 5. The highest BCUT2D eigenvalue weighted by atomic mass is 16.5. The molecule has 2 N–H and O–H groups in total. The third kappa shape index (κ3) is 5.04. The molecule has 0 aliphatic rings. The van der Waals surface area contributed by atoms with Gasteiger partial charge in [0.15, 0.2) is 5.82 Å². The Morgan fingerprint density at radius 2 is 1.76 bits per heavy atom. The van der Waals surface area contributed by atoms with Crippen LogP contribution in [0, 0.1) is 0 Å². The van der Waals surface area contributed by atoms with E-state index in [2.05, 4.69) is 9.97 Å². The lowest BCUT2D eigenvalue weighted by atomic mass is 10.2. The maximum Gasteiger partial charge on any atom is 0.219 e. The smallest absolute Gasteiger partial charge is 0.219 e. The molecule has 1 heterocycles. The minimum Gasteiger partial charge on any atom is -0.475 e. The highest BCUT2D eigenvalue weighted by Gasteiger charge is 2.10. The Balaban J connectivity index is 2.03. The minimum absolute atomic E-state index is 0.177. The molecule has 0 radical (unpaired) electrons. The molecule has 0 aliphatic heterocycles. The highest BCUT2D eigenvalue weighted by molar-refractivity contribution is 5.57. The van der Waals surface area contributed by atoms with E-state index in [0.29, 0.717) is 30.7 Å². The van der Waals surface area contributed by atoms with Crippen LogP contribution < -0.4 is 10.5 Å². The number of anilines is 1. The number of aromatic nitrogens is 2. The molecule has 0 atom stereocenters. The lowest BCUT2D eigenvalue weighted by molar-refractivity contribution is -0.0168. The summed E-state index contributed by atoms with van der Waals surface area (Å²) in [6.45, 7) is 6.92. The maximum atomic E-state index is 5.81. The fourth-order valence-electron chi connectivity index (χ4n) is 1.73. The van der Waals surface area contributed by atoms with Crippen LogP contribution in [0.3, 0.4) is 0 Å². The van der Waals surface area contributed by atoms with Crippen LogP contribution in [0.25, 0.3) is 11.4 Å². The third-order valence-electron chi connectivity index (χ3n) is 2.62. The standard InChI is InChI=1S/C16H21N3O2/c1-16(2,3)21-10-9-20-14-11-13(17)18-15(19-14)12-7-5-4-6-8-12/h4-8,11H,9-10H2,1-3H3,(H2,17,18,19). The van der Waals surface area contributed by atoms with Gasteiger partial charge in [0.1, 0.15) is 12.4 Å². The molecule has 5 nitrogen and oxygen atoms in total. The number of nitrogens with zero attached hydrogens (tertiary/aromatic N) is 2. The fraction of sp³-hybridized carbons (Fsp3) is 0.375. The lowest BCUT2D eigenvalue weighted by Gasteiger charge is -2.19. The van der Waals surface area contributed by atoms with E-state index in [-0.39, 0.29) is 5.60 Å². The van der Waals surface area contributed by atoms with E-state index in [4.69, 9.17) is 15.2 Å². The molecule has 0 amide bonds. The van der Waals surface area contributed by atoms with Crippen LogP contribution in [0.2, 0.25) is 0 Å². The monoisotopic (exact) mass is 287 g/mol. The number of rotatable bonds is 5. The van der Waals surface area contributed by atoms with Crippen LogP contribution >= 0.6 is 0 Å². The van der Waals surface area contributed by atoms with E-state index >= 15 is 0 Å². The van der Waals surface area contributed by atoms with E-state index in [1.165, 1.54) is 0 Å². The zero-order valence-electron chi connectivity index (χ0n) is 12.7. The van der Waals surface area contributed by atoms with Crippen molar-refractivity contribution in [2.75, 3.05) is 18.9 Å². The Morgan fingerprint density at radius 1 is 1.05 bits per heavy atom. The molecular formula is C16H21N3O2. The molecule has 0 bridgehead atoms. The van der Waals surface area contributed by atoms with Crippen LogP contribution in [-0.4, -0.2) is 28.8 Å². The summed E-state index contributed by atoms with van der Waals surface area (Å²) < 4.78 is 11.2.